The summed E-state index contributed by atoms with van der Waals surface area (Å²) in [6, 6.07) is 8.27. The van der Waals surface area contributed by atoms with Crippen LogP contribution in [0, 0.1) is 0 Å². The van der Waals surface area contributed by atoms with Gasteiger partial charge in [-0.15, -0.1) is 0 Å². The number of esters is 1. The van der Waals surface area contributed by atoms with Crippen molar-refractivity contribution in [2.45, 2.75) is 32.6 Å². The van der Waals surface area contributed by atoms with E-state index in [1.165, 1.54) is 19.3 Å². The van der Waals surface area contributed by atoms with Gasteiger partial charge < -0.3 is 52.1 Å². The first-order valence-electron chi connectivity index (χ1n) is 16.8. The fourth-order valence-corrected chi connectivity index (χ4v) is 3.68. The number of benzene rings is 1. The van der Waals surface area contributed by atoms with Crippen LogP contribution in [0.15, 0.2) is 30.3 Å². The molecule has 0 radical (unpaired) electrons. The molecule has 272 valence electrons. The summed E-state index contributed by atoms with van der Waals surface area (Å²) in [6.45, 7) is 12.1. The van der Waals surface area contributed by atoms with Crippen LogP contribution in [0.5, 0.6) is 0 Å². The fourth-order valence-electron chi connectivity index (χ4n) is 3.68. The summed E-state index contributed by atoms with van der Waals surface area (Å²) in [6.07, 6.45) is 4.87. The first-order chi connectivity index (χ1) is 23.3. The average molecular weight is 675 g/mol. The molecule has 1 aromatic rings. The lowest BCUT2D eigenvalue weighted by Gasteiger charge is -2.09. The van der Waals surface area contributed by atoms with Gasteiger partial charge in [-0.3, -0.25) is 4.79 Å². The van der Waals surface area contributed by atoms with Crippen molar-refractivity contribution in [1.29, 1.82) is 0 Å². The summed E-state index contributed by atoms with van der Waals surface area (Å²) in [5.41, 5.74) is 0.297. The van der Waals surface area contributed by atoms with E-state index in [-0.39, 0.29) is 13.2 Å². The number of ether oxygens (including phenoxy) is 11. The first-order valence-corrected chi connectivity index (χ1v) is 16.8. The van der Waals surface area contributed by atoms with Gasteiger partial charge >= 0.3 is 5.97 Å². The van der Waals surface area contributed by atoms with E-state index in [2.05, 4.69) is 6.92 Å². The zero-order valence-electron chi connectivity index (χ0n) is 28.4. The Hall–Kier alpha value is -2.04. The van der Waals surface area contributed by atoms with Gasteiger partial charge in [-0.1, -0.05) is 56.5 Å². The van der Waals surface area contributed by atoms with Crippen molar-refractivity contribution in [3.8, 4) is 0 Å². The molecule has 1 aromatic carbocycles. The zero-order chi connectivity index (χ0) is 33.7. The van der Waals surface area contributed by atoms with Gasteiger partial charge in [-0.2, -0.15) is 0 Å². The molecule has 1 rings (SSSR count). The molecule has 0 aliphatic carbocycles. The number of hydrogen-bond donors (Lipinski definition) is 0. The molecular formula is C34H58O13. The Kier molecular flexibility index (Phi) is 32.3. The van der Waals surface area contributed by atoms with Crippen molar-refractivity contribution < 1.29 is 61.7 Å². The van der Waals surface area contributed by atoms with E-state index in [1.54, 1.807) is 30.3 Å². The van der Waals surface area contributed by atoms with Gasteiger partial charge in [0.05, 0.1) is 126 Å². The molecule has 0 aliphatic rings. The highest BCUT2D eigenvalue weighted by Gasteiger charge is 2.17. The lowest BCUT2D eigenvalue weighted by Crippen LogP contribution is -2.20. The normalized spacial score (nSPS) is 11.3. The lowest BCUT2D eigenvalue weighted by molar-refractivity contribution is -0.139. The third kappa shape index (κ3) is 29.8. The molecule has 0 unspecified atom stereocenters. The van der Waals surface area contributed by atoms with Crippen LogP contribution in [0.25, 0.3) is 0 Å². The molecule has 0 aromatic heterocycles. The maximum absolute atomic E-state index is 11.9. The molecule has 13 heteroatoms. The van der Waals surface area contributed by atoms with E-state index in [0.717, 1.165) is 13.0 Å². The third-order valence-electron chi connectivity index (χ3n) is 6.17. The molecule has 13 nitrogen and oxygen atoms in total. The Bertz CT molecular complexity index is 812. The predicted octanol–water partition coefficient (Wildman–Crippen LogP) is 3.16. The summed E-state index contributed by atoms with van der Waals surface area (Å²) < 4.78 is 59.5. The minimum Gasteiger partial charge on any atom is -0.457 e. The highest BCUT2D eigenvalue weighted by molar-refractivity contribution is 6.40. The van der Waals surface area contributed by atoms with Crippen LogP contribution in [0.2, 0.25) is 0 Å². The van der Waals surface area contributed by atoms with Crippen molar-refractivity contribution >= 4 is 11.8 Å². The average Bonchev–Trinajstić information content (AvgIpc) is 3.10. The maximum atomic E-state index is 11.9. The summed E-state index contributed by atoms with van der Waals surface area (Å²) >= 11 is 0. The first kappa shape index (κ1) is 43.0. The lowest BCUT2D eigenvalue weighted by atomic mass is 10.1. The van der Waals surface area contributed by atoms with Crippen molar-refractivity contribution in [2.75, 3.05) is 139 Å². The van der Waals surface area contributed by atoms with E-state index in [9.17, 15) is 9.59 Å². The second-order valence-corrected chi connectivity index (χ2v) is 10.0. The summed E-state index contributed by atoms with van der Waals surface area (Å²) in [4.78, 5) is 23.6. The second kappa shape index (κ2) is 35.3. The van der Waals surface area contributed by atoms with Crippen molar-refractivity contribution in [3.63, 3.8) is 0 Å². The third-order valence-corrected chi connectivity index (χ3v) is 6.17. The topological polar surface area (TPSA) is 136 Å². The van der Waals surface area contributed by atoms with Crippen LogP contribution in [0.3, 0.4) is 0 Å². The van der Waals surface area contributed by atoms with Crippen LogP contribution in [-0.4, -0.2) is 150 Å². The molecule has 0 aliphatic heterocycles. The molecular weight excluding hydrogens is 616 g/mol. The van der Waals surface area contributed by atoms with Crippen molar-refractivity contribution in [1.82, 2.24) is 0 Å². The van der Waals surface area contributed by atoms with E-state index in [4.69, 9.17) is 52.1 Å². The highest BCUT2D eigenvalue weighted by atomic mass is 16.6. The largest absolute Gasteiger partial charge is 0.457 e. The van der Waals surface area contributed by atoms with Crippen LogP contribution in [0.1, 0.15) is 43.0 Å². The van der Waals surface area contributed by atoms with E-state index >= 15 is 0 Å². The minimum atomic E-state index is -0.895. The Balaban J connectivity index is 1.66. The number of ketones is 1. The summed E-state index contributed by atoms with van der Waals surface area (Å²) in [5, 5.41) is 0. The second-order valence-electron chi connectivity index (χ2n) is 10.0. The zero-order valence-corrected chi connectivity index (χ0v) is 28.4. The molecule has 0 saturated heterocycles. The molecule has 0 amide bonds. The van der Waals surface area contributed by atoms with Gasteiger partial charge in [-0.05, 0) is 6.42 Å². The Labute approximate surface area is 280 Å². The van der Waals surface area contributed by atoms with Crippen LogP contribution < -0.4 is 0 Å². The smallest absolute Gasteiger partial charge is 0.379 e. The molecule has 0 heterocycles. The van der Waals surface area contributed by atoms with E-state index < -0.39 is 11.8 Å². The number of Topliss-reactive ketones (excluding diaryl/α,β-unsaturated/α-hetero) is 1. The molecule has 0 saturated carbocycles. The van der Waals surface area contributed by atoms with Crippen molar-refractivity contribution in [2.24, 2.45) is 0 Å². The standard InChI is InChI=1S/C34H58O13/c1-2-3-4-8-11-37-12-13-38-14-15-39-16-17-40-18-19-41-20-21-42-22-23-43-24-25-44-26-27-45-28-29-46-30-31-47-34(36)33(35)32-9-6-5-7-10-32/h5-7,9-10H,2-4,8,11-31H2,1H3. The Morgan fingerprint density at radius 2 is 0.723 bits per heavy atom. The number of carbonyl (C=O) groups excluding carboxylic acids is 2. The van der Waals surface area contributed by atoms with Gasteiger partial charge in [0.2, 0.25) is 0 Å². The van der Waals surface area contributed by atoms with Crippen LogP contribution >= 0.6 is 0 Å². The number of hydrogen-bond acceptors (Lipinski definition) is 13. The highest BCUT2D eigenvalue weighted by Crippen LogP contribution is 2.01. The maximum Gasteiger partial charge on any atom is 0.379 e. The molecule has 0 spiro atoms. The SMILES string of the molecule is CCCCCCOCCOCCOCCOCCOCCOCCOCCOCCOCCOCCOC(=O)C(=O)c1ccccc1. The van der Waals surface area contributed by atoms with E-state index in [0.29, 0.717) is 124 Å². The van der Waals surface area contributed by atoms with Crippen LogP contribution in [-0.2, 0) is 56.9 Å². The number of carbonyl (C=O) groups is 2. The van der Waals surface area contributed by atoms with Crippen molar-refractivity contribution in [3.05, 3.63) is 35.9 Å². The number of unbranched alkanes of at least 4 members (excludes halogenated alkanes) is 3. The molecule has 0 bridgehead atoms. The monoisotopic (exact) mass is 674 g/mol. The van der Waals surface area contributed by atoms with Gasteiger partial charge in [0, 0.05) is 12.2 Å². The predicted molar refractivity (Wildman–Crippen MR) is 174 cm³/mol. The molecule has 47 heavy (non-hydrogen) atoms. The molecule has 0 fully saturated rings. The van der Waals surface area contributed by atoms with Gasteiger partial charge in [0.15, 0.2) is 0 Å². The quantitative estimate of drug-likeness (QED) is 0.0443. The Morgan fingerprint density at radius 3 is 1.06 bits per heavy atom. The number of rotatable bonds is 37. The van der Waals surface area contributed by atoms with Gasteiger partial charge in [-0.25, -0.2) is 4.79 Å². The Morgan fingerprint density at radius 1 is 0.404 bits per heavy atom. The van der Waals surface area contributed by atoms with Gasteiger partial charge in [0.25, 0.3) is 5.78 Å². The van der Waals surface area contributed by atoms with Crippen LogP contribution in [0.4, 0.5) is 0 Å². The molecule has 0 atom stereocenters. The van der Waals surface area contributed by atoms with E-state index in [1.807, 2.05) is 0 Å². The fraction of sp³-hybridized carbons (Fsp3) is 0.765. The van der Waals surface area contributed by atoms with Gasteiger partial charge in [0.1, 0.15) is 6.61 Å². The minimum absolute atomic E-state index is 0.000129. The summed E-state index contributed by atoms with van der Waals surface area (Å²) in [7, 11) is 0. The molecule has 0 N–H and O–H groups in total. The summed E-state index contributed by atoms with van der Waals surface area (Å²) in [5.74, 6) is -1.57.